The molecule has 1 N–H and O–H groups in total. The molecule has 2 amide bonds. The van der Waals surface area contributed by atoms with Crippen molar-refractivity contribution in [1.29, 1.82) is 0 Å². The van der Waals surface area contributed by atoms with Gasteiger partial charge in [-0.25, -0.2) is 5.01 Å². The number of hydrogen-bond acceptors (Lipinski definition) is 6. The number of nitrogens with one attached hydrogen (secondary N) is 1. The van der Waals surface area contributed by atoms with Gasteiger partial charge in [0.05, 0.1) is 18.4 Å². The maximum absolute atomic E-state index is 12.8. The summed E-state index contributed by atoms with van der Waals surface area (Å²) >= 11 is 1.30. The van der Waals surface area contributed by atoms with E-state index in [-0.39, 0.29) is 24.3 Å². The Labute approximate surface area is 220 Å². The molecule has 2 aliphatic rings. The molecule has 5 rings (SSSR count). The SMILES string of the molecule is CCOc1ccc(NC(=O)C[C@@H]2SC(N3N=C(c4ccc(C)cc4)C[C@@H]3c3ccccc3)=NC2=O)cc1. The molecular formula is C29H28N4O3S. The lowest BCUT2D eigenvalue weighted by atomic mass is 9.98. The molecule has 0 fully saturated rings. The van der Waals surface area contributed by atoms with Crippen molar-refractivity contribution in [2.45, 2.75) is 38.0 Å². The lowest BCUT2D eigenvalue weighted by molar-refractivity contribution is -0.121. The van der Waals surface area contributed by atoms with Crippen LogP contribution >= 0.6 is 11.8 Å². The number of nitrogens with zero attached hydrogens (tertiary/aromatic N) is 3. The molecule has 3 aromatic carbocycles. The van der Waals surface area contributed by atoms with E-state index in [1.165, 1.54) is 17.3 Å². The third kappa shape index (κ3) is 5.75. The normalized spacial score (nSPS) is 19.0. The molecule has 37 heavy (non-hydrogen) atoms. The van der Waals surface area contributed by atoms with Crippen molar-refractivity contribution < 1.29 is 14.3 Å². The molecule has 188 valence electrons. The molecule has 2 heterocycles. The predicted molar refractivity (Wildman–Crippen MR) is 148 cm³/mol. The minimum Gasteiger partial charge on any atom is -0.494 e. The summed E-state index contributed by atoms with van der Waals surface area (Å²) in [5, 5.41) is 9.54. The number of aliphatic imine (C=N–C) groups is 1. The van der Waals surface area contributed by atoms with Crippen LogP contribution in [0.5, 0.6) is 5.75 Å². The van der Waals surface area contributed by atoms with Gasteiger partial charge in [-0.2, -0.15) is 10.1 Å². The van der Waals surface area contributed by atoms with Gasteiger partial charge in [-0.3, -0.25) is 9.59 Å². The van der Waals surface area contributed by atoms with Gasteiger partial charge in [0.25, 0.3) is 5.91 Å². The van der Waals surface area contributed by atoms with E-state index in [0.717, 1.165) is 22.6 Å². The molecule has 3 aromatic rings. The number of carbonyl (C=O) groups excluding carboxylic acids is 2. The molecule has 0 aliphatic carbocycles. The van der Waals surface area contributed by atoms with E-state index >= 15 is 0 Å². The Hall–Kier alpha value is -3.91. The first-order chi connectivity index (χ1) is 18.0. The summed E-state index contributed by atoms with van der Waals surface area (Å²) in [5.41, 5.74) is 4.94. The highest BCUT2D eigenvalue weighted by Crippen LogP contribution is 2.38. The molecule has 8 heteroatoms. The highest BCUT2D eigenvalue weighted by molar-refractivity contribution is 8.15. The highest BCUT2D eigenvalue weighted by atomic mass is 32.2. The number of aryl methyl sites for hydroxylation is 1. The maximum atomic E-state index is 12.8. The third-order valence-corrected chi connectivity index (χ3v) is 7.37. The minimum atomic E-state index is -0.590. The van der Waals surface area contributed by atoms with Crippen molar-refractivity contribution in [1.82, 2.24) is 5.01 Å². The van der Waals surface area contributed by atoms with Crippen molar-refractivity contribution in [2.75, 3.05) is 11.9 Å². The number of anilines is 1. The standard InChI is InChI=1S/C29H28N4O3S/c1-3-36-23-15-13-22(14-16-23)30-27(34)18-26-28(35)31-29(37-26)33-25(21-7-5-4-6-8-21)17-24(32-33)20-11-9-19(2)10-12-20/h4-16,25-26H,3,17-18H2,1-2H3,(H,30,34)/t25-,26+/m1/s1. The van der Waals surface area contributed by atoms with Crippen LogP contribution in [0.25, 0.3) is 0 Å². The number of amides is 2. The summed E-state index contributed by atoms with van der Waals surface area (Å²) in [5.74, 6) is 0.188. The zero-order valence-electron chi connectivity index (χ0n) is 20.8. The van der Waals surface area contributed by atoms with Gasteiger partial charge in [0, 0.05) is 18.5 Å². The fourth-order valence-electron chi connectivity index (χ4n) is 4.33. The van der Waals surface area contributed by atoms with E-state index < -0.39 is 5.25 Å². The molecule has 0 spiro atoms. The number of hydrazone groups is 1. The van der Waals surface area contributed by atoms with Crippen LogP contribution < -0.4 is 10.1 Å². The van der Waals surface area contributed by atoms with E-state index in [2.05, 4.69) is 53.6 Å². The number of benzene rings is 3. The van der Waals surface area contributed by atoms with Crippen LogP contribution in [0.1, 0.15) is 42.5 Å². The molecule has 2 atom stereocenters. The van der Waals surface area contributed by atoms with Crippen molar-refractivity contribution in [3.05, 3.63) is 95.6 Å². The van der Waals surface area contributed by atoms with Crippen LogP contribution in [-0.2, 0) is 9.59 Å². The van der Waals surface area contributed by atoms with E-state index in [1.54, 1.807) is 24.3 Å². The van der Waals surface area contributed by atoms with Crippen LogP contribution in [-0.4, -0.2) is 39.6 Å². The monoisotopic (exact) mass is 512 g/mol. The average molecular weight is 513 g/mol. The zero-order valence-corrected chi connectivity index (χ0v) is 21.6. The Morgan fingerprint density at radius 3 is 2.49 bits per heavy atom. The second kappa shape index (κ2) is 11.0. The summed E-state index contributed by atoms with van der Waals surface area (Å²) < 4.78 is 5.44. The van der Waals surface area contributed by atoms with Crippen molar-refractivity contribution in [3.8, 4) is 5.75 Å². The topological polar surface area (TPSA) is 83.4 Å². The summed E-state index contributed by atoms with van der Waals surface area (Å²) in [6.07, 6.45) is 0.728. The van der Waals surface area contributed by atoms with Crippen LogP contribution in [0.15, 0.2) is 89.0 Å². The number of carbonyl (C=O) groups is 2. The molecule has 0 unspecified atom stereocenters. The van der Waals surface area contributed by atoms with Gasteiger partial charge >= 0.3 is 0 Å². The smallest absolute Gasteiger partial charge is 0.262 e. The van der Waals surface area contributed by atoms with E-state index in [0.29, 0.717) is 23.9 Å². The van der Waals surface area contributed by atoms with Gasteiger partial charge in [0.1, 0.15) is 11.0 Å². The maximum Gasteiger partial charge on any atom is 0.262 e. The Balaban J connectivity index is 1.30. The number of ether oxygens (including phenoxy) is 1. The van der Waals surface area contributed by atoms with Gasteiger partial charge in [-0.05, 0) is 49.2 Å². The Morgan fingerprint density at radius 2 is 1.78 bits per heavy atom. The number of thioether (sulfide) groups is 1. The third-order valence-electron chi connectivity index (χ3n) is 6.22. The molecule has 0 saturated heterocycles. The van der Waals surface area contributed by atoms with Crippen LogP contribution in [0.2, 0.25) is 0 Å². The second-order valence-electron chi connectivity index (χ2n) is 8.94. The number of rotatable bonds is 7. The number of amidine groups is 1. The lowest BCUT2D eigenvalue weighted by Gasteiger charge is -2.23. The van der Waals surface area contributed by atoms with Crippen molar-refractivity contribution >= 4 is 40.1 Å². The summed E-state index contributed by atoms with van der Waals surface area (Å²) in [6, 6.07) is 25.5. The quantitative estimate of drug-likeness (QED) is 0.447. The first-order valence-electron chi connectivity index (χ1n) is 12.3. The predicted octanol–water partition coefficient (Wildman–Crippen LogP) is 5.57. The highest BCUT2D eigenvalue weighted by Gasteiger charge is 2.39. The fourth-order valence-corrected chi connectivity index (χ4v) is 5.39. The fraction of sp³-hybridized carbons (Fsp3) is 0.241. The van der Waals surface area contributed by atoms with Gasteiger partial charge in [0.2, 0.25) is 5.91 Å². The Morgan fingerprint density at radius 1 is 1.05 bits per heavy atom. The largest absolute Gasteiger partial charge is 0.494 e. The molecular weight excluding hydrogens is 484 g/mol. The van der Waals surface area contributed by atoms with Gasteiger partial charge < -0.3 is 10.1 Å². The summed E-state index contributed by atoms with van der Waals surface area (Å²) in [7, 11) is 0. The molecule has 0 aromatic heterocycles. The Bertz CT molecular complexity index is 1340. The molecule has 7 nitrogen and oxygen atoms in total. The van der Waals surface area contributed by atoms with Gasteiger partial charge in [-0.1, -0.05) is 71.9 Å². The van der Waals surface area contributed by atoms with Gasteiger partial charge in [-0.15, -0.1) is 0 Å². The van der Waals surface area contributed by atoms with E-state index in [4.69, 9.17) is 9.84 Å². The van der Waals surface area contributed by atoms with Crippen LogP contribution in [0.4, 0.5) is 5.69 Å². The molecule has 0 radical (unpaired) electrons. The number of hydrogen-bond donors (Lipinski definition) is 1. The molecule has 0 bridgehead atoms. The first-order valence-corrected chi connectivity index (χ1v) is 13.2. The lowest BCUT2D eigenvalue weighted by Crippen LogP contribution is -2.25. The van der Waals surface area contributed by atoms with E-state index in [9.17, 15) is 9.59 Å². The summed E-state index contributed by atoms with van der Waals surface area (Å²) in [4.78, 5) is 29.8. The van der Waals surface area contributed by atoms with Gasteiger partial charge in [0.15, 0.2) is 5.17 Å². The van der Waals surface area contributed by atoms with Crippen LogP contribution in [0, 0.1) is 6.92 Å². The average Bonchev–Trinajstić information content (AvgIpc) is 3.50. The van der Waals surface area contributed by atoms with E-state index in [1.807, 2.05) is 30.1 Å². The van der Waals surface area contributed by atoms with Crippen molar-refractivity contribution in [2.24, 2.45) is 10.1 Å². The first kappa shape index (κ1) is 24.8. The minimum absolute atomic E-state index is 0.0298. The summed E-state index contributed by atoms with van der Waals surface area (Å²) in [6.45, 7) is 4.55. The molecule has 2 aliphatic heterocycles. The van der Waals surface area contributed by atoms with Crippen LogP contribution in [0.3, 0.4) is 0 Å². The molecule has 0 saturated carbocycles. The second-order valence-corrected chi connectivity index (χ2v) is 10.1. The zero-order chi connectivity index (χ0) is 25.8. The van der Waals surface area contributed by atoms with Crippen molar-refractivity contribution in [3.63, 3.8) is 0 Å². The Kier molecular flexibility index (Phi) is 7.37.